The molecule has 1 aromatic carbocycles. The van der Waals surface area contributed by atoms with E-state index in [0.29, 0.717) is 10.8 Å². The van der Waals surface area contributed by atoms with Crippen LogP contribution < -0.4 is 16.0 Å². The van der Waals surface area contributed by atoms with E-state index in [9.17, 15) is 9.59 Å². The van der Waals surface area contributed by atoms with Crippen molar-refractivity contribution in [1.29, 1.82) is 0 Å². The zero-order valence-corrected chi connectivity index (χ0v) is 10.2. The first kappa shape index (κ1) is 12.3. The number of para-hydroxylation sites is 1. The normalized spacial score (nSPS) is 10.3. The van der Waals surface area contributed by atoms with Crippen LogP contribution in [0.5, 0.6) is 5.75 Å². The van der Waals surface area contributed by atoms with E-state index in [1.54, 1.807) is 12.1 Å². The van der Waals surface area contributed by atoms with Gasteiger partial charge in [-0.2, -0.15) is 0 Å². The fraction of sp³-hybridized carbons (Fsp3) is 0.0909. The van der Waals surface area contributed by atoms with Gasteiger partial charge in [-0.3, -0.25) is 9.78 Å². The van der Waals surface area contributed by atoms with E-state index in [0.717, 1.165) is 11.0 Å². The lowest BCUT2D eigenvalue weighted by Gasteiger charge is -2.07. The first-order valence-electron chi connectivity index (χ1n) is 4.98. The van der Waals surface area contributed by atoms with Gasteiger partial charge in [-0.15, -0.1) is 0 Å². The molecule has 0 aliphatic heterocycles. The van der Waals surface area contributed by atoms with Crippen molar-refractivity contribution in [2.75, 3.05) is 7.11 Å². The highest BCUT2D eigenvalue weighted by molar-refractivity contribution is 7.99. The van der Waals surface area contributed by atoms with Crippen LogP contribution in [0.25, 0.3) is 0 Å². The Morgan fingerprint density at radius 2 is 2.06 bits per heavy atom. The number of rotatable bonds is 3. The third-order valence-corrected chi connectivity index (χ3v) is 3.17. The van der Waals surface area contributed by atoms with Gasteiger partial charge < -0.3 is 9.94 Å². The van der Waals surface area contributed by atoms with E-state index < -0.39 is 11.2 Å². The van der Waals surface area contributed by atoms with Crippen molar-refractivity contribution in [1.82, 2.24) is 9.71 Å². The molecule has 0 saturated carbocycles. The van der Waals surface area contributed by atoms with Crippen LogP contribution in [0.1, 0.15) is 0 Å². The van der Waals surface area contributed by atoms with Crippen molar-refractivity contribution < 1.29 is 9.94 Å². The van der Waals surface area contributed by atoms with E-state index in [-0.39, 0.29) is 4.73 Å². The van der Waals surface area contributed by atoms with Gasteiger partial charge >= 0.3 is 5.69 Å². The summed E-state index contributed by atoms with van der Waals surface area (Å²) in [4.78, 5) is 25.6. The van der Waals surface area contributed by atoms with Gasteiger partial charge in [0.1, 0.15) is 5.75 Å². The predicted octanol–water partition coefficient (Wildman–Crippen LogP) is 0.934. The van der Waals surface area contributed by atoms with Gasteiger partial charge in [-0.05, 0) is 12.1 Å². The van der Waals surface area contributed by atoms with Gasteiger partial charge in [-0.1, -0.05) is 28.6 Å². The summed E-state index contributed by atoms with van der Waals surface area (Å²) in [5.41, 5.74) is -1.66. The topological polar surface area (TPSA) is 84.3 Å². The van der Waals surface area contributed by atoms with E-state index in [4.69, 9.17) is 9.94 Å². The van der Waals surface area contributed by atoms with Gasteiger partial charge in [0.2, 0.25) is 0 Å². The fourth-order valence-electron chi connectivity index (χ4n) is 1.34. The van der Waals surface area contributed by atoms with Crippen LogP contribution in [0.4, 0.5) is 0 Å². The Morgan fingerprint density at radius 3 is 2.72 bits per heavy atom. The lowest BCUT2D eigenvalue weighted by atomic mass is 10.3. The number of aromatic nitrogens is 2. The predicted molar refractivity (Wildman–Crippen MR) is 65.6 cm³/mol. The Hall–Kier alpha value is -2.15. The Balaban J connectivity index is 2.40. The minimum absolute atomic E-state index is 0.0201. The van der Waals surface area contributed by atoms with E-state index in [2.05, 4.69) is 4.98 Å². The molecule has 2 aromatic rings. The van der Waals surface area contributed by atoms with Crippen LogP contribution in [-0.2, 0) is 0 Å². The lowest BCUT2D eigenvalue weighted by molar-refractivity contribution is 0.159. The molecule has 6 nitrogen and oxygen atoms in total. The van der Waals surface area contributed by atoms with Crippen LogP contribution >= 0.6 is 11.8 Å². The molecule has 94 valence electrons. The van der Waals surface area contributed by atoms with Crippen LogP contribution in [0.2, 0.25) is 0 Å². The van der Waals surface area contributed by atoms with E-state index in [1.165, 1.54) is 18.9 Å². The zero-order chi connectivity index (χ0) is 13.1. The molecular weight excluding hydrogens is 256 g/mol. The Kier molecular flexibility index (Phi) is 3.42. The number of hydrogen-bond donors (Lipinski definition) is 2. The maximum absolute atomic E-state index is 11.3. The summed E-state index contributed by atoms with van der Waals surface area (Å²) in [7, 11) is 1.54. The number of aromatic amines is 1. The van der Waals surface area contributed by atoms with Crippen LogP contribution in [-0.4, -0.2) is 22.0 Å². The molecule has 2 N–H and O–H groups in total. The molecule has 0 bridgehead atoms. The third kappa shape index (κ3) is 2.40. The number of benzene rings is 1. The van der Waals surface area contributed by atoms with Crippen molar-refractivity contribution in [2.45, 2.75) is 9.92 Å². The molecule has 1 heterocycles. The minimum Gasteiger partial charge on any atom is -0.496 e. The highest BCUT2D eigenvalue weighted by Gasteiger charge is 2.07. The SMILES string of the molecule is COc1ccccc1Sc1cc(=O)n(O)c(=O)[nH]1. The zero-order valence-electron chi connectivity index (χ0n) is 9.41. The maximum Gasteiger partial charge on any atom is 0.362 e. The standard InChI is InChI=1S/C11H10N2O4S/c1-17-7-4-2-3-5-8(7)18-9-6-10(14)13(16)11(15)12-9/h2-6,16H,1H3,(H,12,15). The van der Waals surface area contributed by atoms with Crippen molar-refractivity contribution in [3.05, 3.63) is 51.2 Å². The summed E-state index contributed by atoms with van der Waals surface area (Å²) in [5, 5.41) is 9.36. The molecule has 0 spiro atoms. The quantitative estimate of drug-likeness (QED) is 0.638. The molecule has 2 rings (SSSR count). The van der Waals surface area contributed by atoms with Crippen LogP contribution in [0.3, 0.4) is 0 Å². The molecule has 7 heteroatoms. The Bertz CT molecular complexity index is 646. The number of nitrogens with one attached hydrogen (secondary N) is 1. The lowest BCUT2D eigenvalue weighted by Crippen LogP contribution is -2.32. The van der Waals surface area contributed by atoms with Gasteiger partial charge in [0.05, 0.1) is 17.0 Å². The number of methoxy groups -OCH3 is 1. The number of H-pyrrole nitrogens is 1. The first-order valence-corrected chi connectivity index (χ1v) is 5.80. The molecule has 1 aromatic heterocycles. The third-order valence-electron chi connectivity index (χ3n) is 2.17. The summed E-state index contributed by atoms with van der Waals surface area (Å²) >= 11 is 1.17. The fourth-order valence-corrected chi connectivity index (χ4v) is 2.28. The average Bonchev–Trinajstić information content (AvgIpc) is 2.36. The van der Waals surface area contributed by atoms with Gasteiger partial charge in [0.15, 0.2) is 0 Å². The average molecular weight is 266 g/mol. The molecule has 0 amide bonds. The summed E-state index contributed by atoms with van der Waals surface area (Å²) in [5.74, 6) is 0.636. The summed E-state index contributed by atoms with van der Waals surface area (Å²) < 4.78 is 5.18. The van der Waals surface area contributed by atoms with Crippen LogP contribution in [0, 0.1) is 0 Å². The molecule has 0 radical (unpaired) electrons. The van der Waals surface area contributed by atoms with Gasteiger partial charge in [0, 0.05) is 6.07 Å². The number of ether oxygens (including phenoxy) is 1. The maximum atomic E-state index is 11.3. The minimum atomic E-state index is -0.875. The van der Waals surface area contributed by atoms with Crippen molar-refractivity contribution in [3.8, 4) is 5.75 Å². The number of hydrogen-bond acceptors (Lipinski definition) is 5. The van der Waals surface area contributed by atoms with Gasteiger partial charge in [-0.25, -0.2) is 4.79 Å². The van der Waals surface area contributed by atoms with Crippen molar-refractivity contribution >= 4 is 11.8 Å². The first-order chi connectivity index (χ1) is 8.61. The molecule has 0 fully saturated rings. The molecule has 0 unspecified atom stereocenters. The summed E-state index contributed by atoms with van der Waals surface area (Å²) in [6.07, 6.45) is 0. The van der Waals surface area contributed by atoms with Crippen molar-refractivity contribution in [3.63, 3.8) is 0 Å². The largest absolute Gasteiger partial charge is 0.496 e. The Labute approximate surface area is 106 Å². The second-order valence-corrected chi connectivity index (χ2v) is 4.43. The monoisotopic (exact) mass is 266 g/mol. The second-order valence-electron chi connectivity index (χ2n) is 3.34. The second kappa shape index (κ2) is 5.01. The molecule has 0 aliphatic rings. The smallest absolute Gasteiger partial charge is 0.362 e. The molecule has 0 atom stereocenters. The molecule has 0 saturated heterocycles. The van der Waals surface area contributed by atoms with E-state index >= 15 is 0 Å². The highest BCUT2D eigenvalue weighted by Crippen LogP contribution is 2.32. The highest BCUT2D eigenvalue weighted by atomic mass is 32.2. The molecule has 0 aliphatic carbocycles. The van der Waals surface area contributed by atoms with Gasteiger partial charge in [0.25, 0.3) is 5.56 Å². The summed E-state index contributed by atoms with van der Waals surface area (Å²) in [6.45, 7) is 0. The van der Waals surface area contributed by atoms with E-state index in [1.807, 2.05) is 12.1 Å². The van der Waals surface area contributed by atoms with Crippen LogP contribution in [0.15, 0.2) is 49.8 Å². The molecule has 18 heavy (non-hydrogen) atoms. The molecular formula is C11H10N2O4S. The van der Waals surface area contributed by atoms with Crippen molar-refractivity contribution in [2.24, 2.45) is 0 Å². The number of nitrogens with zero attached hydrogens (tertiary/aromatic N) is 1. The Morgan fingerprint density at radius 1 is 1.33 bits per heavy atom. The summed E-state index contributed by atoms with van der Waals surface area (Å²) in [6, 6.07) is 8.34.